The molecule has 8 nitrogen and oxygen atoms in total. The smallest absolute Gasteiger partial charge is 0.308 e. The molecule has 0 spiro atoms. The van der Waals surface area contributed by atoms with Crippen molar-refractivity contribution in [2.75, 3.05) is 12.0 Å². The van der Waals surface area contributed by atoms with Gasteiger partial charge in [-0.1, -0.05) is 12.1 Å². The lowest BCUT2D eigenvalue weighted by molar-refractivity contribution is -0.132. The first-order chi connectivity index (χ1) is 17.2. The van der Waals surface area contributed by atoms with E-state index in [9.17, 15) is 19.5 Å². The van der Waals surface area contributed by atoms with Crippen LogP contribution in [0.15, 0.2) is 76.8 Å². The summed E-state index contributed by atoms with van der Waals surface area (Å²) in [7, 11) is 1.50. The van der Waals surface area contributed by atoms with Crippen LogP contribution in [0, 0.1) is 11.3 Å². The monoisotopic (exact) mass is 546 g/mol. The molecule has 1 aliphatic rings. The highest BCUT2D eigenvalue weighted by Crippen LogP contribution is 2.43. The minimum absolute atomic E-state index is 0.110. The van der Waals surface area contributed by atoms with Crippen LogP contribution in [0.1, 0.15) is 29.7 Å². The molecule has 1 N–H and O–H groups in total. The Morgan fingerprint density at radius 2 is 1.72 bits per heavy atom. The van der Waals surface area contributed by atoms with Crippen LogP contribution in [0.4, 0.5) is 5.69 Å². The molecule has 36 heavy (non-hydrogen) atoms. The highest BCUT2D eigenvalue weighted by atomic mass is 79.9. The van der Waals surface area contributed by atoms with Crippen LogP contribution in [0.3, 0.4) is 0 Å². The lowest BCUT2D eigenvalue weighted by Crippen LogP contribution is -2.29. The zero-order chi connectivity index (χ0) is 26.0. The fourth-order valence-electron chi connectivity index (χ4n) is 3.96. The van der Waals surface area contributed by atoms with E-state index in [0.717, 1.165) is 0 Å². The Bertz CT molecular complexity index is 1440. The van der Waals surface area contributed by atoms with Crippen LogP contribution in [-0.4, -0.2) is 29.9 Å². The third kappa shape index (κ3) is 4.59. The predicted octanol–water partition coefficient (Wildman–Crippen LogP) is 4.88. The molecule has 9 heteroatoms. The van der Waals surface area contributed by atoms with Gasteiger partial charge in [0.2, 0.25) is 0 Å². The summed E-state index contributed by atoms with van der Waals surface area (Å²) in [5, 5.41) is 20.4. The molecule has 1 unspecified atom stereocenters. The topological polar surface area (TPSA) is 117 Å². The predicted molar refractivity (Wildman–Crippen MR) is 134 cm³/mol. The van der Waals surface area contributed by atoms with Gasteiger partial charge < -0.3 is 14.6 Å². The molecule has 3 aromatic rings. The second kappa shape index (κ2) is 10.1. The van der Waals surface area contributed by atoms with Gasteiger partial charge in [-0.3, -0.25) is 19.3 Å². The molecule has 4 rings (SSSR count). The fraction of sp³-hybridized carbons (Fsp3) is 0.111. The number of carbonyl (C=O) groups excluding carboxylic acids is 3. The number of nitrogens with zero attached hydrogens (tertiary/aromatic N) is 2. The molecular formula is C27H19BrN2O6. The normalized spacial score (nSPS) is 16.5. The number of amides is 1. The molecule has 0 radical (unpaired) electrons. The van der Waals surface area contributed by atoms with Crippen LogP contribution in [0.2, 0.25) is 0 Å². The quantitative estimate of drug-likeness (QED) is 0.159. The van der Waals surface area contributed by atoms with Gasteiger partial charge in [-0.2, -0.15) is 5.26 Å². The number of methoxy groups -OCH3 is 1. The molecule has 1 saturated heterocycles. The average molecular weight is 547 g/mol. The first-order valence-corrected chi connectivity index (χ1v) is 11.5. The highest BCUT2D eigenvalue weighted by molar-refractivity contribution is 9.10. The zero-order valence-electron chi connectivity index (χ0n) is 19.2. The molecular weight excluding hydrogens is 528 g/mol. The molecule has 1 atom stereocenters. The molecule has 1 aliphatic heterocycles. The van der Waals surface area contributed by atoms with Crippen LogP contribution in [0.5, 0.6) is 11.5 Å². The second-order valence-electron chi connectivity index (χ2n) is 7.84. The van der Waals surface area contributed by atoms with E-state index in [1.807, 2.05) is 6.07 Å². The molecule has 0 aliphatic carbocycles. The van der Waals surface area contributed by atoms with Crippen molar-refractivity contribution in [3.8, 4) is 17.6 Å². The molecule has 1 fully saturated rings. The summed E-state index contributed by atoms with van der Waals surface area (Å²) in [5.74, 6) is -1.72. The third-order valence-corrected chi connectivity index (χ3v) is 6.22. The number of benzene rings is 3. The number of aliphatic hydroxyl groups is 1. The Morgan fingerprint density at radius 1 is 1.06 bits per heavy atom. The number of aliphatic hydroxyl groups excluding tert-OH is 1. The van der Waals surface area contributed by atoms with Crippen LogP contribution < -0.4 is 14.4 Å². The molecule has 3 aromatic carbocycles. The van der Waals surface area contributed by atoms with Crippen molar-refractivity contribution in [1.29, 1.82) is 5.26 Å². The van der Waals surface area contributed by atoms with Gasteiger partial charge in [-0.25, -0.2) is 0 Å². The highest BCUT2D eigenvalue weighted by Gasteiger charge is 2.47. The van der Waals surface area contributed by atoms with E-state index in [1.54, 1.807) is 54.6 Å². The fourth-order valence-corrected chi connectivity index (χ4v) is 4.50. The van der Waals surface area contributed by atoms with Gasteiger partial charge in [-0.15, -0.1) is 0 Å². The number of esters is 1. The Morgan fingerprint density at radius 3 is 2.28 bits per heavy atom. The van der Waals surface area contributed by atoms with E-state index in [-0.39, 0.29) is 11.3 Å². The standard InChI is InChI=1S/C27H19BrN2O6/c1-15(31)36-20-10-5-17(6-11-20)24-23(25(32)18-7-12-22(35-2)21(28)13-18)26(33)27(34)30(24)19-8-3-16(14-29)4-9-19/h3-13,24,32H,1-2H3/b25-23-. The number of nitriles is 1. The molecule has 1 heterocycles. The zero-order valence-corrected chi connectivity index (χ0v) is 20.8. The lowest BCUT2D eigenvalue weighted by Gasteiger charge is -2.25. The number of rotatable bonds is 5. The maximum absolute atomic E-state index is 13.3. The summed E-state index contributed by atoms with van der Waals surface area (Å²) in [6, 6.07) is 18.3. The van der Waals surface area contributed by atoms with Gasteiger partial charge in [0.1, 0.15) is 17.3 Å². The Labute approximate surface area is 215 Å². The van der Waals surface area contributed by atoms with Gasteiger partial charge >= 0.3 is 5.97 Å². The van der Waals surface area contributed by atoms with Gasteiger partial charge in [0.15, 0.2) is 0 Å². The van der Waals surface area contributed by atoms with Crippen molar-refractivity contribution in [2.45, 2.75) is 13.0 Å². The van der Waals surface area contributed by atoms with Crippen molar-refractivity contribution in [2.24, 2.45) is 0 Å². The molecule has 0 aromatic heterocycles. The van der Waals surface area contributed by atoms with Crippen LogP contribution in [0.25, 0.3) is 5.76 Å². The van der Waals surface area contributed by atoms with E-state index in [4.69, 9.17) is 14.7 Å². The first-order valence-electron chi connectivity index (χ1n) is 10.7. The Hall–Kier alpha value is -4.42. The van der Waals surface area contributed by atoms with E-state index in [0.29, 0.717) is 38.3 Å². The van der Waals surface area contributed by atoms with E-state index in [2.05, 4.69) is 15.9 Å². The van der Waals surface area contributed by atoms with Gasteiger partial charge in [0.25, 0.3) is 11.7 Å². The molecule has 180 valence electrons. The second-order valence-corrected chi connectivity index (χ2v) is 8.69. The number of ether oxygens (including phenoxy) is 2. The number of anilines is 1. The van der Waals surface area contributed by atoms with Crippen molar-refractivity contribution in [3.05, 3.63) is 93.5 Å². The largest absolute Gasteiger partial charge is 0.507 e. The maximum Gasteiger partial charge on any atom is 0.308 e. The minimum Gasteiger partial charge on any atom is -0.507 e. The van der Waals surface area contributed by atoms with Crippen molar-refractivity contribution < 1.29 is 29.0 Å². The first kappa shape index (κ1) is 24.7. The van der Waals surface area contributed by atoms with Gasteiger partial charge in [0.05, 0.1) is 34.8 Å². The number of halogens is 1. The number of hydrogen-bond donors (Lipinski definition) is 1. The number of carbonyl (C=O) groups is 3. The molecule has 0 saturated carbocycles. The molecule has 0 bridgehead atoms. The van der Waals surface area contributed by atoms with Crippen molar-refractivity contribution >= 4 is 45.0 Å². The summed E-state index contributed by atoms with van der Waals surface area (Å²) in [4.78, 5) is 39.1. The van der Waals surface area contributed by atoms with Crippen molar-refractivity contribution in [3.63, 3.8) is 0 Å². The van der Waals surface area contributed by atoms with E-state index < -0.39 is 23.7 Å². The lowest BCUT2D eigenvalue weighted by atomic mass is 9.95. The number of ketones is 1. The summed E-state index contributed by atoms with van der Waals surface area (Å²) in [6.07, 6.45) is 0. The van der Waals surface area contributed by atoms with E-state index >= 15 is 0 Å². The Balaban J connectivity index is 1.89. The Kier molecular flexibility index (Phi) is 6.90. The van der Waals surface area contributed by atoms with Gasteiger partial charge in [-0.05, 0) is 76.1 Å². The third-order valence-electron chi connectivity index (χ3n) is 5.60. The van der Waals surface area contributed by atoms with Crippen molar-refractivity contribution in [1.82, 2.24) is 0 Å². The SMILES string of the molecule is COc1ccc(/C(O)=C2/C(=O)C(=O)N(c3ccc(C#N)cc3)C2c2ccc(OC(C)=O)cc2)cc1Br. The van der Waals surface area contributed by atoms with Crippen LogP contribution >= 0.6 is 15.9 Å². The average Bonchev–Trinajstić information content (AvgIpc) is 3.14. The summed E-state index contributed by atoms with van der Waals surface area (Å²) < 4.78 is 10.9. The molecule has 1 amide bonds. The summed E-state index contributed by atoms with van der Waals surface area (Å²) in [5.41, 5.74) is 1.47. The minimum atomic E-state index is -0.981. The van der Waals surface area contributed by atoms with Crippen LogP contribution in [-0.2, 0) is 14.4 Å². The van der Waals surface area contributed by atoms with Gasteiger partial charge in [0, 0.05) is 18.2 Å². The summed E-state index contributed by atoms with van der Waals surface area (Å²) in [6.45, 7) is 1.28. The number of Topliss-reactive ketones (excluding diaryl/α,β-unsaturated/α-hetero) is 1. The van der Waals surface area contributed by atoms with E-state index in [1.165, 1.54) is 31.1 Å². The summed E-state index contributed by atoms with van der Waals surface area (Å²) >= 11 is 3.37. The maximum atomic E-state index is 13.3. The number of hydrogen-bond acceptors (Lipinski definition) is 7.